The summed E-state index contributed by atoms with van der Waals surface area (Å²) in [5, 5.41) is 20.4. The first-order valence-electron chi connectivity index (χ1n) is 6.62. The summed E-state index contributed by atoms with van der Waals surface area (Å²) in [7, 11) is 2.96. The van der Waals surface area contributed by atoms with Gasteiger partial charge in [-0.2, -0.15) is 0 Å². The average molecular weight is 299 g/mol. The van der Waals surface area contributed by atoms with Crippen molar-refractivity contribution in [2.45, 2.75) is 30.7 Å². The maximum atomic E-state index is 10.3. The van der Waals surface area contributed by atoms with E-state index in [-0.39, 0.29) is 6.61 Å². The summed E-state index contributed by atoms with van der Waals surface area (Å²) < 4.78 is 21.2. The minimum absolute atomic E-state index is 0.196. The molecule has 21 heavy (non-hydrogen) atoms. The monoisotopic (exact) mass is 299 g/mol. The fraction of sp³-hybridized carbons (Fsp3) is 0.571. The fourth-order valence-electron chi connectivity index (χ4n) is 2.33. The predicted octanol–water partition coefficient (Wildman–Crippen LogP) is -0.244. The van der Waals surface area contributed by atoms with Crippen LogP contribution in [0.5, 0.6) is 5.75 Å². The molecule has 0 spiro atoms. The fourth-order valence-corrected chi connectivity index (χ4v) is 2.33. The molecule has 0 unspecified atom stereocenters. The molecule has 4 N–H and O–H groups in total. The van der Waals surface area contributed by atoms with Crippen molar-refractivity contribution in [1.82, 2.24) is 0 Å². The molecule has 2 rings (SSSR count). The summed E-state index contributed by atoms with van der Waals surface area (Å²) in [5.74, 6) is 0.468. The molecule has 0 bridgehead atoms. The highest BCUT2D eigenvalue weighted by atomic mass is 16.7. The highest BCUT2D eigenvalue weighted by Gasteiger charge is 2.46. The summed E-state index contributed by atoms with van der Waals surface area (Å²) in [4.78, 5) is 0. The van der Waals surface area contributed by atoms with Gasteiger partial charge in [0.1, 0.15) is 24.1 Å². The van der Waals surface area contributed by atoms with Crippen molar-refractivity contribution >= 4 is 5.69 Å². The Labute approximate surface area is 123 Å². The number of hydrogen-bond acceptors (Lipinski definition) is 7. The Morgan fingerprint density at radius 2 is 1.81 bits per heavy atom. The van der Waals surface area contributed by atoms with Crippen molar-refractivity contribution in [2.24, 2.45) is 0 Å². The number of benzene rings is 1. The number of nitrogen functional groups attached to an aromatic ring is 1. The molecule has 0 amide bonds. The van der Waals surface area contributed by atoms with E-state index in [2.05, 4.69) is 0 Å². The summed E-state index contributed by atoms with van der Waals surface area (Å²) >= 11 is 0. The van der Waals surface area contributed by atoms with Crippen LogP contribution >= 0.6 is 0 Å². The van der Waals surface area contributed by atoms with Crippen LogP contribution in [0.15, 0.2) is 24.3 Å². The van der Waals surface area contributed by atoms with E-state index >= 15 is 0 Å². The predicted molar refractivity (Wildman–Crippen MR) is 74.8 cm³/mol. The maximum absolute atomic E-state index is 10.3. The molecule has 5 atom stereocenters. The molecular weight excluding hydrogens is 278 g/mol. The first-order chi connectivity index (χ1) is 10.1. The second kappa shape index (κ2) is 7.06. The van der Waals surface area contributed by atoms with E-state index in [0.717, 1.165) is 0 Å². The molecule has 1 aliphatic heterocycles. The molecule has 1 saturated heterocycles. The van der Waals surface area contributed by atoms with Gasteiger partial charge in [0, 0.05) is 19.9 Å². The average Bonchev–Trinajstić information content (AvgIpc) is 2.46. The smallest absolute Gasteiger partial charge is 0.195 e. The third kappa shape index (κ3) is 3.63. The van der Waals surface area contributed by atoms with Crippen LogP contribution in [0.25, 0.3) is 0 Å². The van der Waals surface area contributed by atoms with E-state index in [1.807, 2.05) is 0 Å². The van der Waals surface area contributed by atoms with E-state index in [4.69, 9.17) is 24.7 Å². The Bertz CT molecular complexity index is 440. The van der Waals surface area contributed by atoms with Gasteiger partial charge in [0.2, 0.25) is 0 Å². The minimum Gasteiger partial charge on any atom is -0.482 e. The third-order valence-corrected chi connectivity index (χ3v) is 3.39. The number of methoxy groups -OCH3 is 2. The van der Waals surface area contributed by atoms with E-state index in [0.29, 0.717) is 11.4 Å². The van der Waals surface area contributed by atoms with Crippen molar-refractivity contribution in [3.8, 4) is 5.75 Å². The van der Waals surface area contributed by atoms with Gasteiger partial charge in [-0.25, -0.2) is 0 Å². The first-order valence-corrected chi connectivity index (χ1v) is 6.62. The van der Waals surface area contributed by atoms with Gasteiger partial charge in [0.15, 0.2) is 12.4 Å². The van der Waals surface area contributed by atoms with Crippen molar-refractivity contribution in [1.29, 1.82) is 0 Å². The van der Waals surface area contributed by atoms with Crippen LogP contribution in [-0.2, 0) is 14.2 Å². The highest BCUT2D eigenvalue weighted by Crippen LogP contribution is 2.26. The van der Waals surface area contributed by atoms with E-state index in [9.17, 15) is 10.2 Å². The topological polar surface area (TPSA) is 103 Å². The Morgan fingerprint density at radius 1 is 1.14 bits per heavy atom. The van der Waals surface area contributed by atoms with Crippen LogP contribution in [-0.4, -0.2) is 61.7 Å². The molecule has 7 heteroatoms. The third-order valence-electron chi connectivity index (χ3n) is 3.39. The van der Waals surface area contributed by atoms with Crippen LogP contribution in [0.1, 0.15) is 0 Å². The summed E-state index contributed by atoms with van der Waals surface area (Å²) in [6.45, 7) is 0.196. The molecule has 0 saturated carbocycles. The summed E-state index contributed by atoms with van der Waals surface area (Å²) in [6, 6.07) is 6.63. The number of ether oxygens (including phenoxy) is 4. The lowest BCUT2D eigenvalue weighted by Gasteiger charge is -2.41. The molecule has 118 valence electrons. The minimum atomic E-state index is -1.29. The first kappa shape index (κ1) is 16.0. The number of aliphatic hydroxyl groups excluding tert-OH is 2. The standard InChI is InChI=1S/C14H21NO6/c1-18-7-10-12(19-2)11(16)13(14(17)21-10)20-9-5-3-8(15)4-6-9/h3-6,10-14,16-17H,7,15H2,1-2H3/t10-,11+,12+,13-,14-/m1/s1. The van der Waals surface area contributed by atoms with Crippen LogP contribution in [0.3, 0.4) is 0 Å². The van der Waals surface area contributed by atoms with Gasteiger partial charge in [-0.3, -0.25) is 0 Å². The Hall–Kier alpha value is -1.38. The van der Waals surface area contributed by atoms with Gasteiger partial charge in [-0.1, -0.05) is 0 Å². The molecule has 0 aliphatic carbocycles. The van der Waals surface area contributed by atoms with E-state index in [1.54, 1.807) is 24.3 Å². The maximum Gasteiger partial charge on any atom is 0.195 e. The lowest BCUT2D eigenvalue weighted by Crippen LogP contribution is -2.61. The number of rotatable bonds is 5. The van der Waals surface area contributed by atoms with Crippen LogP contribution in [0.2, 0.25) is 0 Å². The van der Waals surface area contributed by atoms with Crippen LogP contribution in [0, 0.1) is 0 Å². The second-order valence-corrected chi connectivity index (χ2v) is 4.86. The second-order valence-electron chi connectivity index (χ2n) is 4.86. The number of anilines is 1. The number of nitrogens with two attached hydrogens (primary N) is 1. The van der Waals surface area contributed by atoms with Gasteiger partial charge in [0.25, 0.3) is 0 Å². The Morgan fingerprint density at radius 3 is 2.38 bits per heavy atom. The summed E-state index contributed by atoms with van der Waals surface area (Å²) in [5.41, 5.74) is 6.19. The van der Waals surface area contributed by atoms with Gasteiger partial charge in [0.05, 0.1) is 6.61 Å². The molecule has 7 nitrogen and oxygen atoms in total. The quantitative estimate of drug-likeness (QED) is 0.644. The molecule has 1 heterocycles. The molecule has 0 radical (unpaired) electrons. The SMILES string of the molecule is COC[C@H]1O[C@@H](O)[C@H](Oc2ccc(N)cc2)[C@@H](O)[C@H]1OC. The van der Waals surface area contributed by atoms with Gasteiger partial charge < -0.3 is 34.9 Å². The van der Waals surface area contributed by atoms with Gasteiger partial charge in [-0.05, 0) is 24.3 Å². The number of aliphatic hydroxyl groups is 2. The molecule has 1 aromatic carbocycles. The molecule has 0 aromatic heterocycles. The molecule has 1 fully saturated rings. The number of hydrogen-bond donors (Lipinski definition) is 3. The zero-order valence-corrected chi connectivity index (χ0v) is 12.0. The van der Waals surface area contributed by atoms with Gasteiger partial charge in [-0.15, -0.1) is 0 Å². The van der Waals surface area contributed by atoms with Crippen LogP contribution < -0.4 is 10.5 Å². The summed E-state index contributed by atoms with van der Waals surface area (Å²) in [6.07, 6.45) is -4.55. The largest absolute Gasteiger partial charge is 0.482 e. The highest BCUT2D eigenvalue weighted by molar-refractivity contribution is 5.41. The molecule has 1 aliphatic rings. The van der Waals surface area contributed by atoms with Crippen molar-refractivity contribution < 1.29 is 29.2 Å². The van der Waals surface area contributed by atoms with Gasteiger partial charge >= 0.3 is 0 Å². The Balaban J connectivity index is 2.10. The lowest BCUT2D eigenvalue weighted by atomic mass is 9.99. The normalized spacial score (nSPS) is 32.9. The van der Waals surface area contributed by atoms with Crippen molar-refractivity contribution in [2.75, 3.05) is 26.6 Å². The lowest BCUT2D eigenvalue weighted by molar-refractivity contribution is -0.285. The van der Waals surface area contributed by atoms with E-state index in [1.165, 1.54) is 14.2 Å². The van der Waals surface area contributed by atoms with E-state index < -0.39 is 30.7 Å². The van der Waals surface area contributed by atoms with Crippen molar-refractivity contribution in [3.63, 3.8) is 0 Å². The van der Waals surface area contributed by atoms with Crippen molar-refractivity contribution in [3.05, 3.63) is 24.3 Å². The molecule has 1 aromatic rings. The molecular formula is C14H21NO6. The Kier molecular flexibility index (Phi) is 5.38. The zero-order chi connectivity index (χ0) is 15.4. The van der Waals surface area contributed by atoms with Crippen LogP contribution in [0.4, 0.5) is 5.69 Å². The zero-order valence-electron chi connectivity index (χ0n) is 12.0.